The average molecular weight is 445 g/mol. The van der Waals surface area contributed by atoms with Gasteiger partial charge in [-0.25, -0.2) is 4.79 Å². The zero-order valence-electron chi connectivity index (χ0n) is 19.9. The van der Waals surface area contributed by atoms with Crippen LogP contribution in [-0.2, 0) is 17.8 Å². The second-order valence-corrected chi connectivity index (χ2v) is 9.09. The van der Waals surface area contributed by atoms with Crippen LogP contribution in [0.4, 0.5) is 0 Å². The van der Waals surface area contributed by atoms with Crippen molar-refractivity contribution in [3.8, 4) is 11.5 Å². The van der Waals surface area contributed by atoms with Crippen molar-refractivity contribution in [3.63, 3.8) is 0 Å². The van der Waals surface area contributed by atoms with E-state index in [9.17, 15) is 4.79 Å². The van der Waals surface area contributed by atoms with E-state index >= 15 is 0 Å². The minimum Gasteiger partial charge on any atom is -0.488 e. The van der Waals surface area contributed by atoms with Crippen molar-refractivity contribution in [3.05, 3.63) is 94.0 Å². The Morgan fingerprint density at radius 2 is 1.61 bits per heavy atom. The Bertz CT molecular complexity index is 1120. The lowest BCUT2D eigenvalue weighted by Crippen LogP contribution is -2.38. The third-order valence-electron chi connectivity index (χ3n) is 6.66. The molecule has 33 heavy (non-hydrogen) atoms. The van der Waals surface area contributed by atoms with E-state index in [2.05, 4.69) is 39.8 Å². The summed E-state index contributed by atoms with van der Waals surface area (Å²) in [6.07, 6.45) is 2.42. The highest BCUT2D eigenvalue weighted by Gasteiger charge is 2.35. The second-order valence-electron chi connectivity index (χ2n) is 9.09. The number of ether oxygens (including phenoxy) is 3. The Morgan fingerprint density at radius 1 is 0.939 bits per heavy atom. The normalized spacial score (nSPS) is 17.1. The molecule has 0 spiro atoms. The lowest BCUT2D eigenvalue weighted by atomic mass is 9.86. The molecule has 172 valence electrons. The molecule has 4 rings (SSSR count). The molecule has 1 heterocycles. The molecule has 0 fully saturated rings. The van der Waals surface area contributed by atoms with Gasteiger partial charge in [-0.05, 0) is 74.9 Å². The van der Waals surface area contributed by atoms with Crippen LogP contribution in [0.1, 0.15) is 57.9 Å². The number of rotatable bonds is 7. The summed E-state index contributed by atoms with van der Waals surface area (Å²) in [4.78, 5) is 12.3. The van der Waals surface area contributed by atoms with Gasteiger partial charge in [-0.2, -0.15) is 0 Å². The Labute approximate surface area is 196 Å². The van der Waals surface area contributed by atoms with Crippen LogP contribution in [0.3, 0.4) is 0 Å². The van der Waals surface area contributed by atoms with Gasteiger partial charge in [-0.15, -0.1) is 0 Å². The number of esters is 1. The lowest BCUT2D eigenvalue weighted by molar-refractivity contribution is 0.0178. The standard InChI is InChI=1S/C29H32O4/c1-20-21(2)27-25(22(3)26(20)32-19-23-11-7-5-8-12-23)15-16-29(4,33-27)17-18-31-28(30)24-13-9-6-10-14-24/h5-14H,15-19H2,1-4H3/t29-/m0/s1. The molecule has 1 aliphatic heterocycles. The van der Waals surface area contributed by atoms with Crippen molar-refractivity contribution < 1.29 is 19.0 Å². The van der Waals surface area contributed by atoms with Crippen LogP contribution >= 0.6 is 0 Å². The van der Waals surface area contributed by atoms with Crippen LogP contribution in [0.25, 0.3) is 0 Å². The SMILES string of the molecule is Cc1c(C)c2c(c(C)c1OCc1ccccc1)CC[C@@](C)(CCOC(=O)c1ccccc1)O2. The quantitative estimate of drug-likeness (QED) is 0.389. The van der Waals surface area contributed by atoms with Crippen molar-refractivity contribution in [2.75, 3.05) is 6.61 Å². The maximum atomic E-state index is 12.3. The maximum absolute atomic E-state index is 12.3. The molecule has 4 nitrogen and oxygen atoms in total. The van der Waals surface area contributed by atoms with E-state index < -0.39 is 0 Å². The smallest absolute Gasteiger partial charge is 0.338 e. The van der Waals surface area contributed by atoms with Gasteiger partial charge in [0.05, 0.1) is 12.2 Å². The first-order chi connectivity index (χ1) is 15.9. The topological polar surface area (TPSA) is 44.8 Å². The number of benzene rings is 3. The van der Waals surface area contributed by atoms with E-state index in [1.165, 1.54) is 5.56 Å². The average Bonchev–Trinajstić information content (AvgIpc) is 2.83. The predicted molar refractivity (Wildman–Crippen MR) is 130 cm³/mol. The second kappa shape index (κ2) is 9.70. The van der Waals surface area contributed by atoms with E-state index in [1.54, 1.807) is 12.1 Å². The van der Waals surface area contributed by atoms with Crippen LogP contribution < -0.4 is 9.47 Å². The minimum atomic E-state index is -0.375. The van der Waals surface area contributed by atoms with Gasteiger partial charge < -0.3 is 14.2 Å². The van der Waals surface area contributed by atoms with E-state index in [-0.39, 0.29) is 11.6 Å². The van der Waals surface area contributed by atoms with Crippen molar-refractivity contribution in [1.29, 1.82) is 0 Å². The third kappa shape index (κ3) is 5.05. The van der Waals surface area contributed by atoms with Crippen LogP contribution in [0.5, 0.6) is 11.5 Å². The van der Waals surface area contributed by atoms with Gasteiger partial charge in [-0.1, -0.05) is 48.5 Å². The number of carbonyl (C=O) groups is 1. The fourth-order valence-electron chi connectivity index (χ4n) is 4.42. The van der Waals surface area contributed by atoms with Gasteiger partial charge >= 0.3 is 5.97 Å². The van der Waals surface area contributed by atoms with Crippen molar-refractivity contribution in [2.45, 2.75) is 59.2 Å². The fraction of sp³-hybridized carbons (Fsp3) is 0.345. The monoisotopic (exact) mass is 444 g/mol. The molecule has 1 aliphatic rings. The molecular formula is C29H32O4. The van der Waals surface area contributed by atoms with E-state index in [0.29, 0.717) is 25.2 Å². The molecule has 3 aromatic carbocycles. The lowest BCUT2D eigenvalue weighted by Gasteiger charge is -2.38. The Morgan fingerprint density at radius 3 is 2.30 bits per heavy atom. The van der Waals surface area contributed by atoms with Crippen LogP contribution in [-0.4, -0.2) is 18.2 Å². The Hall–Kier alpha value is -3.27. The number of hydrogen-bond donors (Lipinski definition) is 0. The summed E-state index contributed by atoms with van der Waals surface area (Å²) in [6, 6.07) is 19.3. The van der Waals surface area contributed by atoms with Crippen LogP contribution in [0, 0.1) is 20.8 Å². The molecule has 0 radical (unpaired) electrons. The summed E-state index contributed by atoms with van der Waals surface area (Å²) in [7, 11) is 0. The molecule has 0 unspecified atom stereocenters. The van der Waals surface area contributed by atoms with Gasteiger partial charge in [-0.3, -0.25) is 0 Å². The highest BCUT2D eigenvalue weighted by molar-refractivity contribution is 5.89. The fourth-order valence-corrected chi connectivity index (χ4v) is 4.42. The van der Waals surface area contributed by atoms with Gasteiger partial charge in [0.15, 0.2) is 0 Å². The molecule has 0 saturated heterocycles. The summed E-state index contributed by atoms with van der Waals surface area (Å²) in [6.45, 7) is 9.31. The first-order valence-electron chi connectivity index (χ1n) is 11.6. The van der Waals surface area contributed by atoms with Crippen LogP contribution in [0.15, 0.2) is 60.7 Å². The first kappa shape index (κ1) is 22.9. The molecule has 1 atom stereocenters. The van der Waals surface area contributed by atoms with Gasteiger partial charge in [0.1, 0.15) is 23.7 Å². The highest BCUT2D eigenvalue weighted by atomic mass is 16.5. The summed E-state index contributed by atoms with van der Waals surface area (Å²) >= 11 is 0. The zero-order valence-corrected chi connectivity index (χ0v) is 19.9. The van der Waals surface area contributed by atoms with Gasteiger partial charge in [0.2, 0.25) is 0 Å². The molecule has 0 aromatic heterocycles. The molecule has 0 bridgehead atoms. The van der Waals surface area contributed by atoms with Gasteiger partial charge in [0, 0.05) is 12.0 Å². The zero-order chi connectivity index (χ0) is 23.4. The van der Waals surface area contributed by atoms with Crippen molar-refractivity contribution in [2.24, 2.45) is 0 Å². The van der Waals surface area contributed by atoms with Gasteiger partial charge in [0.25, 0.3) is 0 Å². The van der Waals surface area contributed by atoms with Crippen molar-refractivity contribution >= 4 is 5.97 Å². The first-order valence-corrected chi connectivity index (χ1v) is 11.6. The maximum Gasteiger partial charge on any atom is 0.338 e. The number of fused-ring (bicyclic) bond motifs is 1. The molecular weight excluding hydrogens is 412 g/mol. The summed E-state index contributed by atoms with van der Waals surface area (Å²) in [5, 5.41) is 0. The molecule has 4 heteroatoms. The molecule has 0 saturated carbocycles. The molecule has 0 aliphatic carbocycles. The number of hydrogen-bond acceptors (Lipinski definition) is 4. The predicted octanol–water partition coefficient (Wildman–Crippen LogP) is 6.52. The summed E-state index contributed by atoms with van der Waals surface area (Å²) < 4.78 is 18.4. The molecule has 0 amide bonds. The van der Waals surface area contributed by atoms with Crippen molar-refractivity contribution in [1.82, 2.24) is 0 Å². The minimum absolute atomic E-state index is 0.293. The molecule has 3 aromatic rings. The Balaban J connectivity index is 1.45. The van der Waals surface area contributed by atoms with E-state index in [1.807, 2.05) is 36.4 Å². The van der Waals surface area contributed by atoms with Crippen LogP contribution in [0.2, 0.25) is 0 Å². The molecule has 0 N–H and O–H groups in total. The Kier molecular flexibility index (Phi) is 6.73. The summed E-state index contributed by atoms with van der Waals surface area (Å²) in [5.74, 6) is 1.62. The highest BCUT2D eigenvalue weighted by Crippen LogP contribution is 2.44. The van der Waals surface area contributed by atoms with E-state index in [4.69, 9.17) is 14.2 Å². The van der Waals surface area contributed by atoms with E-state index in [0.717, 1.165) is 46.6 Å². The number of carbonyl (C=O) groups excluding carboxylic acids is 1. The largest absolute Gasteiger partial charge is 0.488 e. The summed E-state index contributed by atoms with van der Waals surface area (Å²) in [5.41, 5.74) is 5.96. The third-order valence-corrected chi connectivity index (χ3v) is 6.66.